The van der Waals surface area contributed by atoms with E-state index in [1.165, 1.54) is 19.3 Å². The monoisotopic (exact) mass is 247 g/mol. The van der Waals surface area contributed by atoms with Crippen LogP contribution in [0.4, 0.5) is 0 Å². The Bertz CT molecular complexity index is 374. The molecule has 1 atom stereocenters. The summed E-state index contributed by atoms with van der Waals surface area (Å²) in [4.78, 5) is 18.0. The van der Waals surface area contributed by atoms with Gasteiger partial charge in [-0.3, -0.25) is 9.78 Å². The van der Waals surface area contributed by atoms with Gasteiger partial charge in [0, 0.05) is 31.5 Å². The number of nitrogens with one attached hydrogen (secondary N) is 1. The second kappa shape index (κ2) is 6.50. The number of hydrogen-bond acceptors (Lipinski definition) is 3. The van der Waals surface area contributed by atoms with Crippen molar-refractivity contribution in [2.45, 2.75) is 31.7 Å². The highest BCUT2D eigenvalue weighted by Crippen LogP contribution is 2.08. The van der Waals surface area contributed by atoms with Crippen LogP contribution in [0.25, 0.3) is 0 Å². The molecule has 1 N–H and O–H groups in total. The van der Waals surface area contributed by atoms with Crippen LogP contribution in [0.3, 0.4) is 0 Å². The Morgan fingerprint density at radius 2 is 2.39 bits per heavy atom. The van der Waals surface area contributed by atoms with Gasteiger partial charge in [0.1, 0.15) is 0 Å². The lowest BCUT2D eigenvalue weighted by Gasteiger charge is -2.28. The Hall–Kier alpha value is -1.42. The highest BCUT2D eigenvalue weighted by atomic mass is 16.2. The standard InChI is InChI=1S/C14H21N3O/c1-17(11-13-7-3-5-9-16-13)14(18)10-12-6-2-4-8-15-12/h2,4,6,8,13,16H,3,5,7,9-11H2,1H3. The van der Waals surface area contributed by atoms with Gasteiger partial charge in [-0.2, -0.15) is 0 Å². The largest absolute Gasteiger partial charge is 0.344 e. The van der Waals surface area contributed by atoms with Crippen LogP contribution in [0.15, 0.2) is 24.4 Å². The molecule has 0 aliphatic carbocycles. The Kier molecular flexibility index (Phi) is 4.70. The molecular formula is C14H21N3O. The molecule has 2 heterocycles. The number of likely N-dealkylation sites (N-methyl/N-ethyl adjacent to an activating group) is 1. The number of amides is 1. The zero-order chi connectivity index (χ0) is 12.8. The van der Waals surface area contributed by atoms with Crippen molar-refractivity contribution in [3.63, 3.8) is 0 Å². The maximum Gasteiger partial charge on any atom is 0.228 e. The minimum atomic E-state index is 0.140. The van der Waals surface area contributed by atoms with E-state index in [1.807, 2.05) is 30.1 Å². The average Bonchev–Trinajstić information content (AvgIpc) is 2.41. The van der Waals surface area contributed by atoms with Gasteiger partial charge in [0.2, 0.25) is 5.91 Å². The summed E-state index contributed by atoms with van der Waals surface area (Å²) >= 11 is 0. The summed E-state index contributed by atoms with van der Waals surface area (Å²) in [5, 5.41) is 3.46. The lowest BCUT2D eigenvalue weighted by molar-refractivity contribution is -0.129. The summed E-state index contributed by atoms with van der Waals surface area (Å²) in [6, 6.07) is 6.13. The molecule has 1 fully saturated rings. The van der Waals surface area contributed by atoms with Gasteiger partial charge in [0.25, 0.3) is 0 Å². The molecule has 0 aromatic carbocycles. The first kappa shape index (κ1) is 13.0. The fourth-order valence-corrected chi connectivity index (χ4v) is 2.30. The molecule has 1 aromatic rings. The summed E-state index contributed by atoms with van der Waals surface area (Å²) in [6.45, 7) is 1.87. The molecule has 0 radical (unpaired) electrons. The van der Waals surface area contributed by atoms with Gasteiger partial charge < -0.3 is 10.2 Å². The van der Waals surface area contributed by atoms with E-state index in [9.17, 15) is 4.79 Å². The van der Waals surface area contributed by atoms with Crippen LogP contribution in [-0.4, -0.2) is 42.0 Å². The number of pyridine rings is 1. The molecule has 4 nitrogen and oxygen atoms in total. The van der Waals surface area contributed by atoms with E-state index in [-0.39, 0.29) is 5.91 Å². The summed E-state index contributed by atoms with van der Waals surface area (Å²) in [5.41, 5.74) is 0.839. The number of rotatable bonds is 4. The summed E-state index contributed by atoms with van der Waals surface area (Å²) in [7, 11) is 1.88. The highest BCUT2D eigenvalue weighted by molar-refractivity contribution is 5.78. The number of piperidine rings is 1. The summed E-state index contributed by atoms with van der Waals surface area (Å²) in [5.74, 6) is 0.140. The number of aromatic nitrogens is 1. The quantitative estimate of drug-likeness (QED) is 0.870. The number of carbonyl (C=O) groups excluding carboxylic acids is 1. The molecule has 1 unspecified atom stereocenters. The Balaban J connectivity index is 1.81. The first-order valence-electron chi connectivity index (χ1n) is 6.63. The molecular weight excluding hydrogens is 226 g/mol. The normalized spacial score (nSPS) is 19.5. The molecule has 4 heteroatoms. The van der Waals surface area contributed by atoms with E-state index >= 15 is 0 Å². The Morgan fingerprint density at radius 3 is 3.06 bits per heavy atom. The minimum absolute atomic E-state index is 0.140. The molecule has 1 aliphatic heterocycles. The van der Waals surface area contributed by atoms with E-state index in [1.54, 1.807) is 6.20 Å². The average molecular weight is 247 g/mol. The van der Waals surface area contributed by atoms with E-state index in [0.717, 1.165) is 18.8 Å². The van der Waals surface area contributed by atoms with Crippen molar-refractivity contribution in [3.05, 3.63) is 30.1 Å². The molecule has 0 saturated carbocycles. The molecule has 1 amide bonds. The van der Waals surface area contributed by atoms with E-state index in [0.29, 0.717) is 12.5 Å². The van der Waals surface area contributed by atoms with Gasteiger partial charge in [-0.25, -0.2) is 0 Å². The SMILES string of the molecule is CN(CC1CCCCN1)C(=O)Cc1ccccn1. The molecule has 18 heavy (non-hydrogen) atoms. The molecule has 1 aromatic heterocycles. The van der Waals surface area contributed by atoms with E-state index in [2.05, 4.69) is 10.3 Å². The van der Waals surface area contributed by atoms with Crippen LogP contribution >= 0.6 is 0 Å². The first-order chi connectivity index (χ1) is 8.75. The predicted octanol–water partition coefficient (Wildman–Crippen LogP) is 1.22. The van der Waals surface area contributed by atoms with E-state index in [4.69, 9.17) is 0 Å². The topological polar surface area (TPSA) is 45.2 Å². The fourth-order valence-electron chi connectivity index (χ4n) is 2.30. The zero-order valence-electron chi connectivity index (χ0n) is 10.9. The van der Waals surface area contributed by atoms with Crippen LogP contribution in [0.1, 0.15) is 25.0 Å². The molecule has 98 valence electrons. The van der Waals surface area contributed by atoms with Gasteiger partial charge >= 0.3 is 0 Å². The van der Waals surface area contributed by atoms with Crippen molar-refractivity contribution >= 4 is 5.91 Å². The van der Waals surface area contributed by atoms with Crippen molar-refractivity contribution in [3.8, 4) is 0 Å². The van der Waals surface area contributed by atoms with Crippen LogP contribution in [-0.2, 0) is 11.2 Å². The molecule has 0 spiro atoms. The van der Waals surface area contributed by atoms with Gasteiger partial charge in [-0.05, 0) is 31.5 Å². The van der Waals surface area contributed by atoms with Crippen LogP contribution in [0, 0.1) is 0 Å². The van der Waals surface area contributed by atoms with Crippen molar-refractivity contribution in [2.24, 2.45) is 0 Å². The van der Waals surface area contributed by atoms with Crippen molar-refractivity contribution in [1.82, 2.24) is 15.2 Å². The fraction of sp³-hybridized carbons (Fsp3) is 0.571. The lowest BCUT2D eigenvalue weighted by Crippen LogP contribution is -2.44. The van der Waals surface area contributed by atoms with Gasteiger partial charge in [0.15, 0.2) is 0 Å². The second-order valence-electron chi connectivity index (χ2n) is 4.92. The maximum atomic E-state index is 12.0. The van der Waals surface area contributed by atoms with Gasteiger partial charge in [-0.1, -0.05) is 12.5 Å². The smallest absolute Gasteiger partial charge is 0.228 e. The zero-order valence-corrected chi connectivity index (χ0v) is 10.9. The molecule has 1 aliphatic rings. The highest BCUT2D eigenvalue weighted by Gasteiger charge is 2.17. The second-order valence-corrected chi connectivity index (χ2v) is 4.92. The predicted molar refractivity (Wildman–Crippen MR) is 71.2 cm³/mol. The molecule has 0 bridgehead atoms. The third-order valence-corrected chi connectivity index (χ3v) is 3.39. The minimum Gasteiger partial charge on any atom is -0.344 e. The molecule has 2 rings (SSSR count). The van der Waals surface area contributed by atoms with Gasteiger partial charge in [0.05, 0.1) is 6.42 Å². The van der Waals surface area contributed by atoms with Crippen LogP contribution in [0.5, 0.6) is 0 Å². The van der Waals surface area contributed by atoms with Crippen molar-refractivity contribution in [2.75, 3.05) is 20.1 Å². The first-order valence-corrected chi connectivity index (χ1v) is 6.63. The van der Waals surface area contributed by atoms with E-state index < -0.39 is 0 Å². The molecule has 1 saturated heterocycles. The van der Waals surface area contributed by atoms with Crippen molar-refractivity contribution in [1.29, 1.82) is 0 Å². The maximum absolute atomic E-state index is 12.0. The number of hydrogen-bond donors (Lipinski definition) is 1. The number of nitrogens with zero attached hydrogens (tertiary/aromatic N) is 2. The van der Waals surface area contributed by atoms with Gasteiger partial charge in [-0.15, -0.1) is 0 Å². The van der Waals surface area contributed by atoms with Crippen molar-refractivity contribution < 1.29 is 4.79 Å². The summed E-state index contributed by atoms with van der Waals surface area (Å²) in [6.07, 6.45) is 5.80. The van der Waals surface area contributed by atoms with Crippen LogP contribution < -0.4 is 5.32 Å². The third kappa shape index (κ3) is 3.81. The summed E-state index contributed by atoms with van der Waals surface area (Å²) < 4.78 is 0. The van der Waals surface area contributed by atoms with Crippen LogP contribution in [0.2, 0.25) is 0 Å². The Morgan fingerprint density at radius 1 is 1.50 bits per heavy atom. The number of carbonyl (C=O) groups is 1. The Labute approximate surface area is 108 Å². The third-order valence-electron chi connectivity index (χ3n) is 3.39. The lowest BCUT2D eigenvalue weighted by atomic mass is 10.0.